The van der Waals surface area contributed by atoms with Crippen molar-refractivity contribution in [2.45, 2.75) is 48.9 Å². The number of para-hydroxylation sites is 2. The van der Waals surface area contributed by atoms with Gasteiger partial charge in [-0.2, -0.15) is 0 Å². The molecular formula is C63H47N3O. The van der Waals surface area contributed by atoms with Gasteiger partial charge in [0, 0.05) is 27.7 Å². The average Bonchev–Trinajstić information content (AvgIpc) is 3.84. The molecule has 0 bridgehead atoms. The molecule has 67 heavy (non-hydrogen) atoms. The molecule has 1 aromatic heterocycles. The van der Waals surface area contributed by atoms with Crippen molar-refractivity contribution >= 4 is 0 Å². The zero-order valence-corrected chi connectivity index (χ0v) is 37.4. The van der Waals surface area contributed by atoms with Crippen LogP contribution >= 0.6 is 0 Å². The predicted octanol–water partition coefficient (Wildman–Crippen LogP) is 14.4. The fourth-order valence-electron chi connectivity index (χ4n) is 14.7. The van der Waals surface area contributed by atoms with Crippen LogP contribution in [0, 0.1) is 23.7 Å². The van der Waals surface area contributed by atoms with E-state index in [0.717, 1.165) is 87.7 Å². The van der Waals surface area contributed by atoms with Crippen LogP contribution < -0.4 is 4.74 Å². The summed E-state index contributed by atoms with van der Waals surface area (Å²) < 4.78 is 6.69. The zero-order valence-electron chi connectivity index (χ0n) is 37.4. The molecule has 15 rings (SSSR count). The standard InChI is InChI=1S/C63H47N3O/c1-61(36-40-33-39-34-41(37-61)56(39)40)60-65-58(38-31-32-45-44-21-8-10-24-48(44)62(53(45)35-38,42-17-4-2-5-18-42)43-19-6-3-7-20-43)64-59(66-60)47-23-16-28-52-57(47)46-22-9-11-25-49(46)63(52)50-26-12-14-29-54(50)67-55-30-15-13-27-51(55)63/h2-32,35,39-41,56H,33-34,36-37H2,1H3/t39?,40-,41?,56?,61?/m0/s1. The van der Waals surface area contributed by atoms with Gasteiger partial charge < -0.3 is 4.74 Å². The van der Waals surface area contributed by atoms with Crippen molar-refractivity contribution in [1.82, 2.24) is 15.0 Å². The highest BCUT2D eigenvalue weighted by atomic mass is 16.5. The van der Waals surface area contributed by atoms with Gasteiger partial charge in [-0.25, -0.2) is 15.0 Å². The molecule has 1 aliphatic heterocycles. The lowest BCUT2D eigenvalue weighted by Crippen LogP contribution is -2.58. The highest BCUT2D eigenvalue weighted by Crippen LogP contribution is 2.68. The van der Waals surface area contributed by atoms with Crippen LogP contribution in [0.25, 0.3) is 45.0 Å². The van der Waals surface area contributed by atoms with Crippen LogP contribution in [0.5, 0.6) is 11.5 Å². The molecule has 8 aromatic carbocycles. The first-order chi connectivity index (χ1) is 33.0. The molecule has 320 valence electrons. The van der Waals surface area contributed by atoms with E-state index in [9.17, 15) is 0 Å². The summed E-state index contributed by atoms with van der Waals surface area (Å²) in [5.41, 5.74) is 15.5. The Hall–Kier alpha value is -7.43. The molecule has 4 heteroatoms. The lowest BCUT2D eigenvalue weighted by atomic mass is 9.40. The van der Waals surface area contributed by atoms with Crippen molar-refractivity contribution in [2.24, 2.45) is 23.7 Å². The first-order valence-corrected chi connectivity index (χ1v) is 24.3. The third-order valence-corrected chi connectivity index (χ3v) is 17.3. The highest BCUT2D eigenvalue weighted by molar-refractivity contribution is 5.96. The molecule has 0 amide bonds. The van der Waals surface area contributed by atoms with Crippen LogP contribution in [-0.4, -0.2) is 15.0 Å². The molecule has 1 spiro atoms. The van der Waals surface area contributed by atoms with Gasteiger partial charge in [0.25, 0.3) is 0 Å². The summed E-state index contributed by atoms with van der Waals surface area (Å²) >= 11 is 0. The van der Waals surface area contributed by atoms with E-state index in [2.05, 4.69) is 201 Å². The first-order valence-electron chi connectivity index (χ1n) is 24.3. The smallest absolute Gasteiger partial charge is 0.164 e. The van der Waals surface area contributed by atoms with Crippen molar-refractivity contribution < 1.29 is 4.74 Å². The lowest BCUT2D eigenvalue weighted by molar-refractivity contribution is -0.142. The van der Waals surface area contributed by atoms with Crippen molar-refractivity contribution in [1.29, 1.82) is 0 Å². The summed E-state index contributed by atoms with van der Waals surface area (Å²) in [7, 11) is 0. The first kappa shape index (κ1) is 37.8. The maximum atomic E-state index is 6.69. The average molecular weight is 862 g/mol. The second-order valence-corrected chi connectivity index (χ2v) is 20.5. The van der Waals surface area contributed by atoms with Gasteiger partial charge >= 0.3 is 0 Å². The number of aromatic nitrogens is 3. The van der Waals surface area contributed by atoms with Crippen LogP contribution in [-0.2, 0) is 16.2 Å². The van der Waals surface area contributed by atoms with Crippen LogP contribution in [0.4, 0.5) is 0 Å². The Labute approximate surface area is 391 Å². The molecule has 0 saturated heterocycles. The topological polar surface area (TPSA) is 47.9 Å². The van der Waals surface area contributed by atoms with E-state index in [0.29, 0.717) is 0 Å². The summed E-state index contributed by atoms with van der Waals surface area (Å²) in [6, 6.07) is 71.1. The van der Waals surface area contributed by atoms with Crippen LogP contribution in [0.15, 0.2) is 194 Å². The van der Waals surface area contributed by atoms with Gasteiger partial charge in [-0.1, -0.05) is 183 Å². The Morgan fingerprint density at radius 3 is 1.60 bits per heavy atom. The number of benzene rings is 8. The number of hydrogen-bond donors (Lipinski definition) is 0. The summed E-state index contributed by atoms with van der Waals surface area (Å²) in [6.45, 7) is 2.46. The van der Waals surface area contributed by atoms with Crippen LogP contribution in [0.3, 0.4) is 0 Å². The summed E-state index contributed by atoms with van der Waals surface area (Å²) in [6.07, 6.45) is 4.96. The molecule has 5 atom stereocenters. The third kappa shape index (κ3) is 4.90. The largest absolute Gasteiger partial charge is 0.457 e. The van der Waals surface area contributed by atoms with E-state index in [1.165, 1.54) is 68.5 Å². The number of rotatable bonds is 5. The molecule has 4 nitrogen and oxygen atoms in total. The van der Waals surface area contributed by atoms with Gasteiger partial charge in [0.1, 0.15) is 17.3 Å². The number of nitrogens with zero attached hydrogens (tertiary/aromatic N) is 3. The second-order valence-electron chi connectivity index (χ2n) is 20.5. The molecule has 0 N–H and O–H groups in total. The van der Waals surface area contributed by atoms with Crippen molar-refractivity contribution in [3.05, 3.63) is 244 Å². The third-order valence-electron chi connectivity index (χ3n) is 17.3. The van der Waals surface area contributed by atoms with Crippen molar-refractivity contribution in [2.75, 3.05) is 0 Å². The minimum atomic E-state index is -0.589. The molecule has 0 radical (unpaired) electrons. The molecule has 3 saturated carbocycles. The molecule has 4 unspecified atom stereocenters. The maximum Gasteiger partial charge on any atom is 0.164 e. The molecule has 3 fully saturated rings. The molecular weight excluding hydrogens is 815 g/mol. The van der Waals surface area contributed by atoms with Gasteiger partial charge in [-0.3, -0.25) is 0 Å². The Morgan fingerprint density at radius 1 is 0.418 bits per heavy atom. The van der Waals surface area contributed by atoms with Crippen LogP contribution in [0.2, 0.25) is 0 Å². The monoisotopic (exact) mass is 861 g/mol. The second kappa shape index (κ2) is 13.6. The van der Waals surface area contributed by atoms with E-state index < -0.39 is 10.8 Å². The van der Waals surface area contributed by atoms with Crippen LogP contribution in [0.1, 0.15) is 82.9 Å². The minimum Gasteiger partial charge on any atom is -0.457 e. The Balaban J connectivity index is 0.984. The van der Waals surface area contributed by atoms with Gasteiger partial charge in [-0.05, 0) is 123 Å². The fraction of sp³-hybridized carbons (Fsp3) is 0.190. The Kier molecular flexibility index (Phi) is 7.65. The number of hydrogen-bond acceptors (Lipinski definition) is 4. The predicted molar refractivity (Wildman–Crippen MR) is 265 cm³/mol. The van der Waals surface area contributed by atoms with E-state index in [-0.39, 0.29) is 5.41 Å². The quantitative estimate of drug-likeness (QED) is 0.173. The lowest BCUT2D eigenvalue weighted by Gasteiger charge is -2.65. The highest BCUT2D eigenvalue weighted by Gasteiger charge is 2.60. The summed E-state index contributed by atoms with van der Waals surface area (Å²) in [4.78, 5) is 17.1. The zero-order chi connectivity index (χ0) is 44.1. The van der Waals surface area contributed by atoms with Gasteiger partial charge in [0.2, 0.25) is 0 Å². The van der Waals surface area contributed by atoms with Crippen molar-refractivity contribution in [3.63, 3.8) is 0 Å². The van der Waals surface area contributed by atoms with Gasteiger partial charge in [0.15, 0.2) is 11.6 Å². The minimum absolute atomic E-state index is 0.163. The molecule has 5 aliphatic carbocycles. The number of ether oxygens (including phenoxy) is 1. The SMILES string of the molecule is CC1(c2nc(-c3ccc4c(c3)C(c3ccccc3)(c3ccccc3)c3ccccc3-4)nc(-c3cccc4c3-c3ccccc3C43c4ccccc4Oc4ccccc43)n2)CC2CC3C[C@@H](C1)C32. The maximum absolute atomic E-state index is 6.69. The summed E-state index contributed by atoms with van der Waals surface area (Å²) in [5, 5.41) is 0. The number of fused-ring (bicyclic) bond motifs is 12. The fourth-order valence-corrected chi connectivity index (χ4v) is 14.7. The molecule has 6 aliphatic rings. The van der Waals surface area contributed by atoms with Crippen molar-refractivity contribution in [3.8, 4) is 56.5 Å². The summed E-state index contributed by atoms with van der Waals surface area (Å²) in [5.74, 6) is 7.52. The normalized spacial score (nSPS) is 23.2. The van der Waals surface area contributed by atoms with E-state index in [4.69, 9.17) is 19.7 Å². The Bertz CT molecular complexity index is 3420. The molecule has 9 aromatic rings. The van der Waals surface area contributed by atoms with Gasteiger partial charge in [-0.15, -0.1) is 0 Å². The van der Waals surface area contributed by atoms with E-state index in [1.807, 2.05) is 0 Å². The Morgan fingerprint density at radius 2 is 0.940 bits per heavy atom. The van der Waals surface area contributed by atoms with Gasteiger partial charge in [0.05, 0.1) is 10.8 Å². The van der Waals surface area contributed by atoms with E-state index in [1.54, 1.807) is 0 Å². The van der Waals surface area contributed by atoms with E-state index >= 15 is 0 Å². The molecule has 2 heterocycles.